The summed E-state index contributed by atoms with van der Waals surface area (Å²) in [5.74, 6) is 0.857. The van der Waals surface area contributed by atoms with Crippen LogP contribution in [-0.4, -0.2) is 4.98 Å². The molecule has 0 radical (unpaired) electrons. The van der Waals surface area contributed by atoms with Gasteiger partial charge in [-0.05, 0) is 52.2 Å². The van der Waals surface area contributed by atoms with Gasteiger partial charge in [0.1, 0.15) is 5.82 Å². The van der Waals surface area contributed by atoms with Crippen LogP contribution in [0.4, 0.5) is 17.2 Å². The lowest BCUT2D eigenvalue weighted by Crippen LogP contribution is -2.01. The van der Waals surface area contributed by atoms with Crippen molar-refractivity contribution >= 4 is 28.5 Å². The van der Waals surface area contributed by atoms with E-state index in [2.05, 4.69) is 21.1 Å². The monoisotopic (exact) mass is 296 g/mol. The third kappa shape index (κ3) is 2.98. The highest BCUT2D eigenvalue weighted by molar-refractivity contribution is 7.08. The SMILES string of the molecule is Nc1ccc(N)c(-c2cscc2CNc2ccccn2)c1. The van der Waals surface area contributed by atoms with E-state index in [1.54, 1.807) is 17.5 Å². The lowest BCUT2D eigenvalue weighted by atomic mass is 10.0. The number of aromatic nitrogens is 1. The molecule has 3 aromatic rings. The van der Waals surface area contributed by atoms with Crippen molar-refractivity contribution in [2.24, 2.45) is 0 Å². The van der Waals surface area contributed by atoms with E-state index in [1.165, 1.54) is 5.56 Å². The first-order valence-corrected chi connectivity index (χ1v) is 7.53. The second-order valence-corrected chi connectivity index (χ2v) is 5.47. The molecule has 106 valence electrons. The van der Waals surface area contributed by atoms with Gasteiger partial charge in [0.05, 0.1) is 0 Å². The van der Waals surface area contributed by atoms with Crippen LogP contribution in [0.25, 0.3) is 11.1 Å². The summed E-state index contributed by atoms with van der Waals surface area (Å²) in [5.41, 5.74) is 16.7. The Bertz CT molecular complexity index is 737. The Morgan fingerprint density at radius 1 is 1.05 bits per heavy atom. The van der Waals surface area contributed by atoms with E-state index in [-0.39, 0.29) is 0 Å². The van der Waals surface area contributed by atoms with Gasteiger partial charge in [-0.2, -0.15) is 11.3 Å². The second-order valence-electron chi connectivity index (χ2n) is 4.73. The summed E-state index contributed by atoms with van der Waals surface area (Å²) in [6.45, 7) is 0.698. The molecule has 0 unspecified atom stereocenters. The van der Waals surface area contributed by atoms with E-state index in [0.717, 1.165) is 22.6 Å². The number of hydrogen-bond acceptors (Lipinski definition) is 5. The Labute approximate surface area is 127 Å². The quantitative estimate of drug-likeness (QED) is 0.643. The molecule has 5 N–H and O–H groups in total. The van der Waals surface area contributed by atoms with Crippen LogP contribution in [0.1, 0.15) is 5.56 Å². The summed E-state index contributed by atoms with van der Waals surface area (Å²) in [5, 5.41) is 7.53. The molecule has 2 heterocycles. The minimum atomic E-state index is 0.698. The fourth-order valence-electron chi connectivity index (χ4n) is 2.16. The molecule has 0 spiro atoms. The average Bonchev–Trinajstić information content (AvgIpc) is 2.97. The lowest BCUT2D eigenvalue weighted by Gasteiger charge is -2.10. The fraction of sp³-hybridized carbons (Fsp3) is 0.0625. The Kier molecular flexibility index (Phi) is 3.75. The first-order valence-electron chi connectivity index (χ1n) is 6.59. The van der Waals surface area contributed by atoms with Crippen molar-refractivity contribution in [3.05, 3.63) is 58.9 Å². The van der Waals surface area contributed by atoms with E-state index in [1.807, 2.05) is 36.4 Å². The van der Waals surface area contributed by atoms with Crippen molar-refractivity contribution in [1.82, 2.24) is 4.98 Å². The Morgan fingerprint density at radius 3 is 2.76 bits per heavy atom. The van der Waals surface area contributed by atoms with Gasteiger partial charge in [0.25, 0.3) is 0 Å². The molecule has 3 rings (SSSR count). The summed E-state index contributed by atoms with van der Waals surface area (Å²) in [6, 6.07) is 11.4. The standard InChI is InChI=1S/C16H16N4S/c17-12-4-5-15(18)13(7-12)14-10-21-9-11(14)8-20-16-3-1-2-6-19-16/h1-7,9-10H,8,17-18H2,(H,19,20). The van der Waals surface area contributed by atoms with E-state index < -0.39 is 0 Å². The van der Waals surface area contributed by atoms with Crippen LogP contribution in [0.15, 0.2) is 53.4 Å². The molecule has 1 aromatic carbocycles. The molecule has 0 aliphatic rings. The molecular formula is C16H16N4S. The van der Waals surface area contributed by atoms with E-state index in [0.29, 0.717) is 12.2 Å². The number of thiophene rings is 1. The molecule has 5 heteroatoms. The summed E-state index contributed by atoms with van der Waals surface area (Å²) < 4.78 is 0. The van der Waals surface area contributed by atoms with Gasteiger partial charge in [0.15, 0.2) is 0 Å². The van der Waals surface area contributed by atoms with Gasteiger partial charge in [-0.25, -0.2) is 4.98 Å². The number of anilines is 3. The predicted molar refractivity (Wildman–Crippen MR) is 90.1 cm³/mol. The zero-order valence-electron chi connectivity index (χ0n) is 11.4. The number of nitrogens with zero attached hydrogens (tertiary/aromatic N) is 1. The molecule has 0 aliphatic carbocycles. The maximum Gasteiger partial charge on any atom is 0.126 e. The lowest BCUT2D eigenvalue weighted by molar-refractivity contribution is 1.12. The summed E-state index contributed by atoms with van der Waals surface area (Å²) in [4.78, 5) is 4.26. The normalized spacial score (nSPS) is 10.5. The van der Waals surface area contributed by atoms with E-state index >= 15 is 0 Å². The van der Waals surface area contributed by atoms with Crippen LogP contribution >= 0.6 is 11.3 Å². The topological polar surface area (TPSA) is 77.0 Å². The van der Waals surface area contributed by atoms with Gasteiger partial charge in [0.2, 0.25) is 0 Å². The molecule has 4 nitrogen and oxygen atoms in total. The molecule has 0 bridgehead atoms. The number of rotatable bonds is 4. The first kappa shape index (κ1) is 13.5. The van der Waals surface area contributed by atoms with Crippen molar-refractivity contribution in [1.29, 1.82) is 0 Å². The number of nitrogen functional groups attached to an aromatic ring is 2. The van der Waals surface area contributed by atoms with Gasteiger partial charge in [0, 0.05) is 29.7 Å². The van der Waals surface area contributed by atoms with Crippen molar-refractivity contribution in [2.75, 3.05) is 16.8 Å². The minimum absolute atomic E-state index is 0.698. The Morgan fingerprint density at radius 2 is 1.95 bits per heavy atom. The molecule has 0 aliphatic heterocycles. The van der Waals surface area contributed by atoms with Gasteiger partial charge in [-0.3, -0.25) is 0 Å². The van der Waals surface area contributed by atoms with Crippen molar-refractivity contribution in [2.45, 2.75) is 6.54 Å². The highest BCUT2D eigenvalue weighted by Gasteiger charge is 2.10. The molecule has 0 amide bonds. The Hall–Kier alpha value is -2.53. The number of pyridine rings is 1. The molecular weight excluding hydrogens is 280 g/mol. The highest BCUT2D eigenvalue weighted by atomic mass is 32.1. The number of nitrogens with two attached hydrogens (primary N) is 2. The smallest absolute Gasteiger partial charge is 0.126 e. The molecule has 0 saturated heterocycles. The van der Waals surface area contributed by atoms with Gasteiger partial charge in [-0.1, -0.05) is 6.07 Å². The number of nitrogens with one attached hydrogen (secondary N) is 1. The van der Waals surface area contributed by atoms with E-state index in [9.17, 15) is 0 Å². The largest absolute Gasteiger partial charge is 0.399 e. The first-order chi connectivity index (χ1) is 10.2. The summed E-state index contributed by atoms with van der Waals surface area (Å²) in [7, 11) is 0. The van der Waals surface area contributed by atoms with Crippen LogP contribution in [0.2, 0.25) is 0 Å². The number of benzene rings is 1. The fourth-order valence-corrected chi connectivity index (χ4v) is 3.01. The molecule has 0 atom stereocenters. The summed E-state index contributed by atoms with van der Waals surface area (Å²) >= 11 is 1.65. The summed E-state index contributed by atoms with van der Waals surface area (Å²) in [6.07, 6.45) is 1.77. The van der Waals surface area contributed by atoms with Crippen molar-refractivity contribution < 1.29 is 0 Å². The molecule has 0 saturated carbocycles. The zero-order valence-corrected chi connectivity index (χ0v) is 12.2. The van der Waals surface area contributed by atoms with Gasteiger partial charge >= 0.3 is 0 Å². The third-order valence-corrected chi connectivity index (χ3v) is 4.03. The Balaban J connectivity index is 1.86. The molecule has 21 heavy (non-hydrogen) atoms. The van der Waals surface area contributed by atoms with Crippen LogP contribution in [-0.2, 0) is 6.54 Å². The van der Waals surface area contributed by atoms with Crippen LogP contribution in [0, 0.1) is 0 Å². The zero-order chi connectivity index (χ0) is 14.7. The van der Waals surface area contributed by atoms with Crippen LogP contribution in [0.5, 0.6) is 0 Å². The van der Waals surface area contributed by atoms with Crippen LogP contribution in [0.3, 0.4) is 0 Å². The number of hydrogen-bond donors (Lipinski definition) is 3. The minimum Gasteiger partial charge on any atom is -0.399 e. The highest BCUT2D eigenvalue weighted by Crippen LogP contribution is 2.33. The maximum absolute atomic E-state index is 6.07. The maximum atomic E-state index is 6.07. The second kappa shape index (κ2) is 5.85. The van der Waals surface area contributed by atoms with Crippen molar-refractivity contribution in [3.63, 3.8) is 0 Å². The van der Waals surface area contributed by atoms with Crippen molar-refractivity contribution in [3.8, 4) is 11.1 Å². The third-order valence-electron chi connectivity index (χ3n) is 3.23. The van der Waals surface area contributed by atoms with E-state index in [4.69, 9.17) is 11.5 Å². The van der Waals surface area contributed by atoms with Gasteiger partial charge < -0.3 is 16.8 Å². The van der Waals surface area contributed by atoms with Gasteiger partial charge in [-0.15, -0.1) is 0 Å². The molecule has 0 fully saturated rings. The molecule has 2 aromatic heterocycles. The average molecular weight is 296 g/mol. The predicted octanol–water partition coefficient (Wildman–Crippen LogP) is 3.59. The van der Waals surface area contributed by atoms with Crippen LogP contribution < -0.4 is 16.8 Å².